The smallest absolute Gasteiger partial charge is 0.264 e. The number of hydrogen-bond donors (Lipinski definition) is 1. The van der Waals surface area contributed by atoms with Crippen molar-refractivity contribution in [1.29, 1.82) is 0 Å². The second-order valence-electron chi connectivity index (χ2n) is 6.25. The minimum absolute atomic E-state index is 0.00744. The number of hydrogen-bond acceptors (Lipinski definition) is 5. The number of nitrogens with one attached hydrogen (secondary N) is 1. The second-order valence-corrected chi connectivity index (χ2v) is 6.65. The van der Waals surface area contributed by atoms with Crippen LogP contribution in [-0.2, 0) is 6.61 Å². The fraction of sp³-hybridized carbons (Fsp3) is 0.0455. The Balaban J connectivity index is 1.46. The van der Waals surface area contributed by atoms with Gasteiger partial charge >= 0.3 is 0 Å². The van der Waals surface area contributed by atoms with Crippen LogP contribution in [0.1, 0.15) is 16.2 Å². The monoisotopic (exact) mass is 423 g/mol. The highest BCUT2D eigenvalue weighted by Gasteiger charge is 2.15. The zero-order valence-electron chi connectivity index (χ0n) is 15.5. The Morgan fingerprint density at radius 3 is 2.63 bits per heavy atom. The fourth-order valence-corrected chi connectivity index (χ4v) is 2.89. The topological polar surface area (TPSA) is 77.2 Å². The summed E-state index contributed by atoms with van der Waals surface area (Å²) in [6, 6.07) is 20.1. The number of benzene rings is 3. The van der Waals surface area contributed by atoms with Crippen molar-refractivity contribution in [3.8, 4) is 17.1 Å². The van der Waals surface area contributed by atoms with Gasteiger partial charge in [-0.15, -0.1) is 0 Å². The molecule has 6 nitrogen and oxygen atoms in total. The maximum atomic E-state index is 13.3. The molecule has 1 amide bonds. The Labute approximate surface area is 176 Å². The third-order valence-electron chi connectivity index (χ3n) is 4.16. The molecular weight excluding hydrogens is 409 g/mol. The van der Waals surface area contributed by atoms with Gasteiger partial charge in [-0.3, -0.25) is 4.79 Å². The summed E-state index contributed by atoms with van der Waals surface area (Å²) in [6.45, 7) is -0.00744. The number of amides is 1. The van der Waals surface area contributed by atoms with E-state index >= 15 is 0 Å². The molecule has 1 heterocycles. The maximum Gasteiger partial charge on any atom is 0.264 e. The first-order valence-electron chi connectivity index (χ1n) is 8.96. The molecule has 0 unspecified atom stereocenters. The van der Waals surface area contributed by atoms with Crippen LogP contribution in [-0.4, -0.2) is 16.0 Å². The molecule has 0 aliphatic carbocycles. The summed E-state index contributed by atoms with van der Waals surface area (Å²) in [5.41, 5.74) is 1.48. The largest absolute Gasteiger partial charge is 0.483 e. The first-order valence-corrected chi connectivity index (χ1v) is 9.34. The van der Waals surface area contributed by atoms with Crippen molar-refractivity contribution in [1.82, 2.24) is 10.1 Å². The highest BCUT2D eigenvalue weighted by Crippen LogP contribution is 2.24. The molecule has 4 rings (SSSR count). The van der Waals surface area contributed by atoms with E-state index in [0.29, 0.717) is 22.8 Å². The van der Waals surface area contributed by atoms with Gasteiger partial charge in [0.25, 0.3) is 11.8 Å². The van der Waals surface area contributed by atoms with Gasteiger partial charge in [0.05, 0.1) is 10.6 Å². The van der Waals surface area contributed by atoms with Gasteiger partial charge in [0.2, 0.25) is 5.82 Å². The van der Waals surface area contributed by atoms with Crippen LogP contribution in [0.2, 0.25) is 5.02 Å². The number of ether oxygens (including phenoxy) is 1. The summed E-state index contributed by atoms with van der Waals surface area (Å²) in [6.07, 6.45) is 0. The Morgan fingerprint density at radius 1 is 1.07 bits per heavy atom. The lowest BCUT2D eigenvalue weighted by molar-refractivity contribution is 0.102. The summed E-state index contributed by atoms with van der Waals surface area (Å²) in [5.74, 6) is 0.0714. The summed E-state index contributed by atoms with van der Waals surface area (Å²) in [5, 5.41) is 6.53. The number of nitrogens with zero attached hydrogens (tertiary/aromatic N) is 2. The highest BCUT2D eigenvalue weighted by molar-refractivity contribution is 6.31. The lowest BCUT2D eigenvalue weighted by Crippen LogP contribution is -2.13. The Kier molecular flexibility index (Phi) is 5.72. The van der Waals surface area contributed by atoms with Crippen LogP contribution in [0.4, 0.5) is 10.1 Å². The molecule has 0 radical (unpaired) electrons. The number of carbonyl (C=O) groups is 1. The van der Waals surface area contributed by atoms with Gasteiger partial charge in [-0.1, -0.05) is 59.2 Å². The van der Waals surface area contributed by atoms with Crippen molar-refractivity contribution in [3.05, 3.63) is 95.1 Å². The predicted molar refractivity (Wildman–Crippen MR) is 110 cm³/mol. The molecule has 0 aliphatic heterocycles. The predicted octanol–water partition coefficient (Wildman–Crippen LogP) is 5.36. The fourth-order valence-electron chi connectivity index (χ4n) is 2.71. The van der Waals surface area contributed by atoms with Crippen molar-refractivity contribution < 1.29 is 18.4 Å². The SMILES string of the molecule is O=C(Nc1ccc(F)c(Cl)c1)c1ccccc1OCc1nc(-c2ccccc2)no1. The lowest BCUT2D eigenvalue weighted by atomic mass is 10.2. The van der Waals surface area contributed by atoms with E-state index < -0.39 is 11.7 Å². The normalized spacial score (nSPS) is 10.6. The molecule has 1 N–H and O–H groups in total. The number of aromatic nitrogens is 2. The molecule has 30 heavy (non-hydrogen) atoms. The molecule has 0 bridgehead atoms. The van der Waals surface area contributed by atoms with Gasteiger partial charge in [-0.2, -0.15) is 4.98 Å². The molecule has 0 atom stereocenters. The average Bonchev–Trinajstić information content (AvgIpc) is 3.25. The van der Waals surface area contributed by atoms with Crippen LogP contribution >= 0.6 is 11.6 Å². The quantitative estimate of drug-likeness (QED) is 0.451. The molecule has 0 aliphatic rings. The van der Waals surface area contributed by atoms with Crippen LogP contribution in [0.25, 0.3) is 11.4 Å². The summed E-state index contributed by atoms with van der Waals surface area (Å²) in [4.78, 5) is 17.0. The van der Waals surface area contributed by atoms with Crippen molar-refractivity contribution >= 4 is 23.2 Å². The zero-order chi connectivity index (χ0) is 20.9. The maximum absolute atomic E-state index is 13.3. The second kappa shape index (κ2) is 8.75. The molecule has 3 aromatic carbocycles. The minimum atomic E-state index is -0.562. The van der Waals surface area contributed by atoms with Crippen molar-refractivity contribution in [2.24, 2.45) is 0 Å². The Bertz CT molecular complexity index is 1180. The van der Waals surface area contributed by atoms with Crippen LogP contribution in [0.15, 0.2) is 77.3 Å². The van der Waals surface area contributed by atoms with Crippen LogP contribution in [0.5, 0.6) is 5.75 Å². The zero-order valence-corrected chi connectivity index (χ0v) is 16.3. The molecule has 0 saturated carbocycles. The first-order chi connectivity index (χ1) is 14.6. The van der Waals surface area contributed by atoms with E-state index in [1.54, 1.807) is 24.3 Å². The van der Waals surface area contributed by atoms with Crippen LogP contribution in [0.3, 0.4) is 0 Å². The molecular formula is C22H15ClFN3O3. The molecule has 0 saturated heterocycles. The van der Waals surface area contributed by atoms with Crippen molar-refractivity contribution in [2.45, 2.75) is 6.61 Å². The van der Waals surface area contributed by atoms with Gasteiger partial charge in [-0.25, -0.2) is 4.39 Å². The van der Waals surface area contributed by atoms with E-state index in [-0.39, 0.29) is 17.5 Å². The van der Waals surface area contributed by atoms with E-state index in [2.05, 4.69) is 15.5 Å². The average molecular weight is 424 g/mol. The Hall–Kier alpha value is -3.71. The summed E-state index contributed by atoms with van der Waals surface area (Å²) < 4.78 is 24.3. The molecule has 0 fully saturated rings. The molecule has 0 spiro atoms. The van der Waals surface area contributed by atoms with E-state index in [0.717, 1.165) is 5.56 Å². The van der Waals surface area contributed by atoms with Gasteiger partial charge in [0.1, 0.15) is 11.6 Å². The van der Waals surface area contributed by atoms with E-state index in [4.69, 9.17) is 20.9 Å². The summed E-state index contributed by atoms with van der Waals surface area (Å²) >= 11 is 5.76. The minimum Gasteiger partial charge on any atom is -0.483 e. The third-order valence-corrected chi connectivity index (χ3v) is 4.45. The van der Waals surface area contributed by atoms with E-state index in [1.165, 1.54) is 18.2 Å². The van der Waals surface area contributed by atoms with Crippen molar-refractivity contribution in [2.75, 3.05) is 5.32 Å². The van der Waals surface area contributed by atoms with Crippen LogP contribution < -0.4 is 10.1 Å². The number of para-hydroxylation sites is 1. The van der Waals surface area contributed by atoms with E-state index in [9.17, 15) is 9.18 Å². The number of rotatable bonds is 6. The molecule has 8 heteroatoms. The number of anilines is 1. The van der Waals surface area contributed by atoms with Crippen molar-refractivity contribution in [3.63, 3.8) is 0 Å². The summed E-state index contributed by atoms with van der Waals surface area (Å²) in [7, 11) is 0. The van der Waals surface area contributed by atoms with Gasteiger partial charge < -0.3 is 14.6 Å². The van der Waals surface area contributed by atoms with Crippen LogP contribution in [0, 0.1) is 5.82 Å². The number of halogens is 2. The molecule has 4 aromatic rings. The third kappa shape index (κ3) is 4.47. The molecule has 1 aromatic heterocycles. The van der Waals surface area contributed by atoms with Gasteiger partial charge in [0, 0.05) is 11.3 Å². The first kappa shape index (κ1) is 19.6. The van der Waals surface area contributed by atoms with Gasteiger partial charge in [-0.05, 0) is 30.3 Å². The standard InChI is InChI=1S/C22H15ClFN3O3/c23-17-12-15(10-11-18(17)24)25-22(28)16-8-4-5-9-19(16)29-13-20-26-21(27-30-20)14-6-2-1-3-7-14/h1-12H,13H2,(H,25,28). The molecule has 150 valence electrons. The number of carbonyl (C=O) groups excluding carboxylic acids is 1. The lowest BCUT2D eigenvalue weighted by Gasteiger charge is -2.11. The van der Waals surface area contributed by atoms with E-state index in [1.807, 2.05) is 30.3 Å². The highest BCUT2D eigenvalue weighted by atomic mass is 35.5. The van der Waals surface area contributed by atoms with Gasteiger partial charge in [0.15, 0.2) is 6.61 Å². The Morgan fingerprint density at radius 2 is 1.83 bits per heavy atom.